The van der Waals surface area contributed by atoms with Gasteiger partial charge in [-0.05, 0) is 215 Å². The van der Waals surface area contributed by atoms with Crippen LogP contribution in [-0.4, -0.2) is 12.3 Å². The second kappa shape index (κ2) is 18.7. The number of fused-ring (bicyclic) bond motifs is 9. The molecule has 0 bridgehead atoms. The Morgan fingerprint density at radius 3 is 1.37 bits per heavy atom. The summed E-state index contributed by atoms with van der Waals surface area (Å²) in [5.41, 5.74) is 32.1. The fourth-order valence-corrected chi connectivity index (χ4v) is 18.5. The third kappa shape index (κ3) is 8.61. The van der Waals surface area contributed by atoms with Gasteiger partial charge in [-0.1, -0.05) is 228 Å². The van der Waals surface area contributed by atoms with E-state index in [0.29, 0.717) is 0 Å². The molecule has 0 radical (unpaired) electrons. The second-order valence-electron chi connectivity index (χ2n) is 34.1. The summed E-state index contributed by atoms with van der Waals surface area (Å²) in [5, 5.41) is 0. The molecule has 6 aliphatic rings. The van der Waals surface area contributed by atoms with E-state index in [9.17, 15) is 0 Å². The number of nitrogens with zero attached hydrogens (tertiary/aromatic N) is 3. The average molecular weight is 1150 g/mol. The monoisotopic (exact) mass is 1150 g/mol. The van der Waals surface area contributed by atoms with E-state index < -0.39 is 0 Å². The Kier molecular flexibility index (Phi) is 12.4. The minimum atomic E-state index is -0.210. The van der Waals surface area contributed by atoms with Crippen molar-refractivity contribution in [2.75, 3.05) is 14.7 Å². The van der Waals surface area contributed by atoms with Crippen LogP contribution in [0.15, 0.2) is 146 Å². The molecule has 1 fully saturated rings. The van der Waals surface area contributed by atoms with Gasteiger partial charge in [-0.25, -0.2) is 0 Å². The first kappa shape index (κ1) is 57.9. The number of anilines is 8. The highest BCUT2D eigenvalue weighted by Crippen LogP contribution is 2.63. The Morgan fingerprint density at radius 1 is 0.379 bits per heavy atom. The topological polar surface area (TPSA) is 9.72 Å². The standard InChI is InChI=1S/C83H96BN3/c1-51-40-56(76(5,6)7)33-36-67(51)85-70-47-62-60(78(11,12)49-80(62,15)16)45-65(70)84-66-46-61-63(81(17,18)50-79(61,13)14)48-71(66)86(68-37-34-57(77(8,9)10)42-59(68)53-26-22-21-23-27-53)73-44-58(43-72(85)74(73)84)87-69-35-30-54(52-28-31-55(32-29-52)75(2,3)4)41-64(69)82(19)38-24-25-39-83(82,87)20/h21-23,26-37,40-48H,24-25,38-39,49-50H2,1-20H3. The quantitative estimate of drug-likeness (QED) is 0.159. The first-order valence-corrected chi connectivity index (χ1v) is 33.2. The van der Waals surface area contributed by atoms with Gasteiger partial charge in [-0.3, -0.25) is 0 Å². The molecule has 8 aromatic carbocycles. The van der Waals surface area contributed by atoms with Crippen LogP contribution in [0, 0.1) is 6.92 Å². The molecule has 3 heterocycles. The number of rotatable bonds is 5. The molecule has 14 rings (SSSR count). The van der Waals surface area contributed by atoms with Crippen molar-refractivity contribution in [3.63, 3.8) is 0 Å². The molecule has 87 heavy (non-hydrogen) atoms. The van der Waals surface area contributed by atoms with Crippen LogP contribution in [0.5, 0.6) is 0 Å². The first-order chi connectivity index (χ1) is 40.6. The van der Waals surface area contributed by atoms with Crippen molar-refractivity contribution in [3.8, 4) is 22.3 Å². The number of hydrogen-bond acceptors (Lipinski definition) is 3. The molecule has 2 unspecified atom stereocenters. The maximum Gasteiger partial charge on any atom is 0.252 e. The van der Waals surface area contributed by atoms with E-state index in [0.717, 1.165) is 25.7 Å². The summed E-state index contributed by atoms with van der Waals surface area (Å²) < 4.78 is 0. The zero-order valence-corrected chi connectivity index (χ0v) is 56.5. The third-order valence-corrected chi connectivity index (χ3v) is 23.0. The fourth-order valence-electron chi connectivity index (χ4n) is 18.5. The van der Waals surface area contributed by atoms with Crippen LogP contribution in [-0.2, 0) is 43.3 Å². The van der Waals surface area contributed by atoms with E-state index in [2.05, 4.69) is 299 Å². The Labute approximate surface area is 524 Å². The zero-order chi connectivity index (χ0) is 61.9. The van der Waals surface area contributed by atoms with Gasteiger partial charge in [-0.2, -0.15) is 0 Å². The summed E-state index contributed by atoms with van der Waals surface area (Å²) >= 11 is 0. The van der Waals surface area contributed by atoms with Crippen molar-refractivity contribution in [2.45, 2.75) is 226 Å². The van der Waals surface area contributed by atoms with E-state index in [-0.39, 0.29) is 55.6 Å². The molecule has 1 saturated carbocycles. The van der Waals surface area contributed by atoms with Crippen molar-refractivity contribution >= 4 is 68.6 Å². The lowest BCUT2D eigenvalue weighted by Crippen LogP contribution is -2.62. The largest absolute Gasteiger partial charge is 0.334 e. The maximum absolute atomic E-state index is 2.88. The van der Waals surface area contributed by atoms with Gasteiger partial charge >= 0.3 is 0 Å². The van der Waals surface area contributed by atoms with Gasteiger partial charge in [-0.15, -0.1) is 0 Å². The van der Waals surface area contributed by atoms with E-state index in [4.69, 9.17) is 0 Å². The minimum absolute atomic E-state index is 0.00348. The van der Waals surface area contributed by atoms with Gasteiger partial charge in [0.1, 0.15) is 0 Å². The molecule has 446 valence electrons. The summed E-state index contributed by atoms with van der Waals surface area (Å²) in [5.74, 6) is 0. The van der Waals surface area contributed by atoms with Crippen molar-refractivity contribution in [3.05, 3.63) is 196 Å². The number of hydrogen-bond donors (Lipinski definition) is 0. The lowest BCUT2D eigenvalue weighted by atomic mass is 9.33. The molecule has 8 aromatic rings. The Balaban J connectivity index is 1.13. The van der Waals surface area contributed by atoms with Crippen molar-refractivity contribution in [2.24, 2.45) is 0 Å². The summed E-state index contributed by atoms with van der Waals surface area (Å²) in [6.45, 7) is 48.8. The van der Waals surface area contributed by atoms with Crippen molar-refractivity contribution < 1.29 is 0 Å². The molecular formula is C83H96BN3. The second-order valence-corrected chi connectivity index (χ2v) is 34.1. The number of benzene rings is 8. The maximum atomic E-state index is 2.88. The van der Waals surface area contributed by atoms with Crippen molar-refractivity contribution in [1.29, 1.82) is 0 Å². The average Bonchev–Trinajstić information content (AvgIpc) is 1.69. The van der Waals surface area contributed by atoms with Crippen LogP contribution in [0.4, 0.5) is 45.5 Å². The van der Waals surface area contributed by atoms with Crippen LogP contribution in [0.1, 0.15) is 220 Å². The van der Waals surface area contributed by atoms with E-state index in [1.165, 1.54) is 147 Å². The molecule has 0 amide bonds. The highest BCUT2D eigenvalue weighted by atomic mass is 15.3. The highest BCUT2D eigenvalue weighted by molar-refractivity contribution is 7.00. The highest BCUT2D eigenvalue weighted by Gasteiger charge is 2.59. The predicted molar refractivity (Wildman–Crippen MR) is 376 cm³/mol. The van der Waals surface area contributed by atoms with Crippen LogP contribution in [0.2, 0.25) is 0 Å². The summed E-state index contributed by atoms with van der Waals surface area (Å²) in [6, 6.07) is 59.4. The molecule has 2 atom stereocenters. The predicted octanol–water partition coefficient (Wildman–Crippen LogP) is 21.0. The van der Waals surface area contributed by atoms with Crippen LogP contribution in [0.25, 0.3) is 22.3 Å². The summed E-state index contributed by atoms with van der Waals surface area (Å²) in [7, 11) is 0. The van der Waals surface area contributed by atoms with E-state index >= 15 is 0 Å². The normalized spacial score (nSPS) is 21.7. The van der Waals surface area contributed by atoms with Gasteiger partial charge in [0.15, 0.2) is 0 Å². The van der Waals surface area contributed by atoms with Gasteiger partial charge in [0.05, 0.1) is 11.2 Å². The van der Waals surface area contributed by atoms with E-state index in [1.807, 2.05) is 0 Å². The smallest absolute Gasteiger partial charge is 0.252 e. The summed E-state index contributed by atoms with van der Waals surface area (Å²) in [4.78, 5) is 8.43. The molecule has 0 N–H and O–H groups in total. The first-order valence-electron chi connectivity index (χ1n) is 33.2. The van der Waals surface area contributed by atoms with Gasteiger partial charge in [0.25, 0.3) is 6.71 Å². The van der Waals surface area contributed by atoms with Crippen LogP contribution in [0.3, 0.4) is 0 Å². The lowest BCUT2D eigenvalue weighted by Gasteiger charge is -2.51. The lowest BCUT2D eigenvalue weighted by molar-refractivity contribution is 0.195. The SMILES string of the molecule is Cc1cc(C(C)(C)C)ccc1N1c2cc3c(cc2B2c4cc5c(cc4N(c4ccc(C(C)(C)C)cc4-c4ccccc4)c4cc(N6c7ccc(-c8ccc(C(C)(C)C)cc8)cc7C7(C)CCCCC67C)cc1c42)C(C)(C)CC5(C)C)C(C)(C)CC3(C)C. The van der Waals surface area contributed by atoms with Crippen LogP contribution >= 0.6 is 0 Å². The third-order valence-electron chi connectivity index (χ3n) is 23.0. The molecule has 0 saturated heterocycles. The van der Waals surface area contributed by atoms with Crippen LogP contribution < -0.4 is 31.1 Å². The Hall–Kier alpha value is -6.78. The van der Waals surface area contributed by atoms with Gasteiger partial charge in [0.2, 0.25) is 0 Å². The molecule has 3 aliphatic carbocycles. The van der Waals surface area contributed by atoms with Crippen molar-refractivity contribution in [1.82, 2.24) is 0 Å². The number of aryl methyl sites for hydroxylation is 1. The Bertz CT molecular complexity index is 4170. The van der Waals surface area contributed by atoms with Gasteiger partial charge in [0, 0.05) is 50.8 Å². The molecule has 3 nitrogen and oxygen atoms in total. The van der Waals surface area contributed by atoms with Gasteiger partial charge < -0.3 is 14.7 Å². The molecule has 0 spiro atoms. The molecule has 3 aliphatic heterocycles. The Morgan fingerprint density at radius 2 is 0.839 bits per heavy atom. The van der Waals surface area contributed by atoms with E-state index in [1.54, 1.807) is 0 Å². The zero-order valence-electron chi connectivity index (χ0n) is 56.5. The molecule has 0 aromatic heterocycles. The fraction of sp³-hybridized carbons (Fsp3) is 0.422. The summed E-state index contributed by atoms with van der Waals surface area (Å²) in [6.07, 6.45) is 6.88. The molecule has 4 heteroatoms. The minimum Gasteiger partial charge on any atom is -0.334 e. The molecular weight excluding hydrogens is 1050 g/mol.